The van der Waals surface area contributed by atoms with Crippen LogP contribution < -0.4 is 14.8 Å². The van der Waals surface area contributed by atoms with Crippen molar-refractivity contribution in [3.8, 4) is 11.5 Å². The first-order valence-corrected chi connectivity index (χ1v) is 4.72. The molecule has 0 spiro atoms. The minimum absolute atomic E-state index is 0.0632. The summed E-state index contributed by atoms with van der Waals surface area (Å²) in [5.74, 6) is 1.64. The Morgan fingerprint density at radius 3 is 2.57 bits per heavy atom. The number of nitrogens with one attached hydrogen (secondary N) is 1. The third-order valence-corrected chi connectivity index (χ3v) is 1.89. The second kappa shape index (κ2) is 3.08. The van der Waals surface area contributed by atoms with Gasteiger partial charge in [-0.2, -0.15) is 0 Å². The molecule has 3 nitrogen and oxygen atoms in total. The summed E-state index contributed by atoms with van der Waals surface area (Å²) >= 11 is 0. The zero-order valence-corrected chi connectivity index (χ0v) is 8.76. The molecule has 1 aliphatic rings. The van der Waals surface area contributed by atoms with Crippen molar-refractivity contribution in [2.75, 3.05) is 12.1 Å². The number of anilines is 1. The molecule has 0 saturated carbocycles. The monoisotopic (exact) mass is 193 g/mol. The van der Waals surface area contributed by atoms with Gasteiger partial charge in [-0.05, 0) is 32.9 Å². The summed E-state index contributed by atoms with van der Waals surface area (Å²) in [6.45, 7) is 6.70. The fourth-order valence-corrected chi connectivity index (χ4v) is 1.41. The van der Waals surface area contributed by atoms with Gasteiger partial charge in [-0.25, -0.2) is 0 Å². The predicted octanol–water partition coefficient (Wildman–Crippen LogP) is 2.63. The molecule has 2 rings (SSSR count). The average molecular weight is 193 g/mol. The number of rotatable bonds is 1. The fourth-order valence-electron chi connectivity index (χ4n) is 1.41. The van der Waals surface area contributed by atoms with E-state index in [9.17, 15) is 0 Å². The van der Waals surface area contributed by atoms with E-state index in [4.69, 9.17) is 9.47 Å². The second-order valence-corrected chi connectivity index (χ2v) is 4.44. The summed E-state index contributed by atoms with van der Waals surface area (Å²) in [4.78, 5) is 0. The van der Waals surface area contributed by atoms with Crippen molar-refractivity contribution in [1.82, 2.24) is 0 Å². The van der Waals surface area contributed by atoms with E-state index in [1.165, 1.54) is 0 Å². The zero-order valence-electron chi connectivity index (χ0n) is 8.76. The van der Waals surface area contributed by atoms with Gasteiger partial charge in [0.1, 0.15) is 0 Å². The van der Waals surface area contributed by atoms with E-state index in [0.29, 0.717) is 6.79 Å². The van der Waals surface area contributed by atoms with Gasteiger partial charge in [-0.3, -0.25) is 0 Å². The maximum atomic E-state index is 5.29. The summed E-state index contributed by atoms with van der Waals surface area (Å²) in [6, 6.07) is 5.89. The lowest BCUT2D eigenvalue weighted by Crippen LogP contribution is -2.25. The van der Waals surface area contributed by atoms with Crippen LogP contribution in [0.3, 0.4) is 0 Å². The Kier molecular flexibility index (Phi) is 2.02. The van der Waals surface area contributed by atoms with E-state index in [1.54, 1.807) is 0 Å². The molecule has 1 aliphatic heterocycles. The number of fused-ring (bicyclic) bond motifs is 1. The van der Waals surface area contributed by atoms with Crippen LogP contribution in [-0.2, 0) is 0 Å². The maximum Gasteiger partial charge on any atom is 0.231 e. The Balaban J connectivity index is 2.21. The molecule has 0 aromatic heterocycles. The Hall–Kier alpha value is -1.38. The summed E-state index contributed by atoms with van der Waals surface area (Å²) in [5.41, 5.74) is 1.12. The number of ether oxygens (including phenoxy) is 2. The van der Waals surface area contributed by atoms with Crippen molar-refractivity contribution >= 4 is 5.69 Å². The zero-order chi connectivity index (χ0) is 10.2. The molecule has 1 aromatic carbocycles. The largest absolute Gasteiger partial charge is 0.454 e. The van der Waals surface area contributed by atoms with Gasteiger partial charge in [0.2, 0.25) is 6.79 Å². The van der Waals surface area contributed by atoms with Crippen molar-refractivity contribution in [1.29, 1.82) is 0 Å². The first kappa shape index (κ1) is 9.19. The molecule has 1 heterocycles. The van der Waals surface area contributed by atoms with Crippen LogP contribution in [0.5, 0.6) is 11.5 Å². The quantitative estimate of drug-likeness (QED) is 0.743. The van der Waals surface area contributed by atoms with Crippen LogP contribution in [0.2, 0.25) is 0 Å². The standard InChI is InChI=1S/C11H15NO2/c1-11(2,3)12-8-4-5-9-10(6-8)14-7-13-9/h4-6,12H,7H2,1-3H3. The third-order valence-electron chi connectivity index (χ3n) is 1.89. The topological polar surface area (TPSA) is 30.5 Å². The van der Waals surface area contributed by atoms with E-state index in [2.05, 4.69) is 26.1 Å². The van der Waals surface area contributed by atoms with E-state index >= 15 is 0 Å². The molecule has 1 aromatic rings. The average Bonchev–Trinajstić information content (AvgIpc) is 2.47. The van der Waals surface area contributed by atoms with Crippen LogP contribution in [-0.4, -0.2) is 12.3 Å². The van der Waals surface area contributed by atoms with Crippen molar-refractivity contribution in [2.24, 2.45) is 0 Å². The van der Waals surface area contributed by atoms with Gasteiger partial charge in [-0.1, -0.05) is 0 Å². The summed E-state index contributed by atoms with van der Waals surface area (Å²) in [6.07, 6.45) is 0. The normalized spacial score (nSPS) is 14.2. The van der Waals surface area contributed by atoms with Crippen molar-refractivity contribution < 1.29 is 9.47 Å². The van der Waals surface area contributed by atoms with Crippen LogP contribution in [0.15, 0.2) is 18.2 Å². The Labute approximate surface area is 84.0 Å². The van der Waals surface area contributed by atoms with E-state index in [1.807, 2.05) is 18.2 Å². The van der Waals surface area contributed by atoms with Gasteiger partial charge in [0.25, 0.3) is 0 Å². The lowest BCUT2D eigenvalue weighted by atomic mass is 10.1. The Bertz CT molecular complexity index is 342. The Morgan fingerprint density at radius 2 is 1.86 bits per heavy atom. The van der Waals surface area contributed by atoms with Crippen molar-refractivity contribution in [3.05, 3.63) is 18.2 Å². The molecular weight excluding hydrogens is 178 g/mol. The Morgan fingerprint density at radius 1 is 1.14 bits per heavy atom. The van der Waals surface area contributed by atoms with Gasteiger partial charge in [0, 0.05) is 17.3 Å². The molecule has 1 N–H and O–H groups in total. The summed E-state index contributed by atoms with van der Waals surface area (Å²) in [5, 5.41) is 3.38. The first-order valence-electron chi connectivity index (χ1n) is 4.72. The van der Waals surface area contributed by atoms with Gasteiger partial charge >= 0.3 is 0 Å². The van der Waals surface area contributed by atoms with E-state index in [0.717, 1.165) is 17.2 Å². The van der Waals surface area contributed by atoms with Gasteiger partial charge in [-0.15, -0.1) is 0 Å². The second-order valence-electron chi connectivity index (χ2n) is 4.44. The molecule has 0 aliphatic carbocycles. The molecule has 0 bridgehead atoms. The minimum atomic E-state index is 0.0632. The molecule has 0 unspecified atom stereocenters. The lowest BCUT2D eigenvalue weighted by Gasteiger charge is -2.22. The molecule has 14 heavy (non-hydrogen) atoms. The molecule has 0 radical (unpaired) electrons. The summed E-state index contributed by atoms with van der Waals surface area (Å²) in [7, 11) is 0. The minimum Gasteiger partial charge on any atom is -0.454 e. The number of hydrogen-bond acceptors (Lipinski definition) is 3. The molecule has 0 amide bonds. The van der Waals surface area contributed by atoms with Crippen LogP contribution in [0.25, 0.3) is 0 Å². The van der Waals surface area contributed by atoms with Gasteiger partial charge < -0.3 is 14.8 Å². The highest BCUT2D eigenvalue weighted by Gasteiger charge is 2.15. The highest BCUT2D eigenvalue weighted by Crippen LogP contribution is 2.34. The predicted molar refractivity (Wildman–Crippen MR) is 55.9 cm³/mol. The van der Waals surface area contributed by atoms with Crippen molar-refractivity contribution in [2.45, 2.75) is 26.3 Å². The first-order chi connectivity index (χ1) is 6.54. The lowest BCUT2D eigenvalue weighted by molar-refractivity contribution is 0.174. The van der Waals surface area contributed by atoms with Gasteiger partial charge in [0.05, 0.1) is 0 Å². The van der Waals surface area contributed by atoms with Crippen LogP contribution >= 0.6 is 0 Å². The molecule has 3 heteroatoms. The molecule has 0 saturated heterocycles. The van der Waals surface area contributed by atoms with Crippen LogP contribution in [0, 0.1) is 0 Å². The van der Waals surface area contributed by atoms with E-state index < -0.39 is 0 Å². The molecule has 0 atom stereocenters. The van der Waals surface area contributed by atoms with Crippen LogP contribution in [0.1, 0.15) is 20.8 Å². The third kappa shape index (κ3) is 1.92. The molecule has 76 valence electrons. The highest BCUT2D eigenvalue weighted by atomic mass is 16.7. The highest BCUT2D eigenvalue weighted by molar-refractivity contribution is 5.56. The number of hydrogen-bond donors (Lipinski definition) is 1. The van der Waals surface area contributed by atoms with E-state index in [-0.39, 0.29) is 5.54 Å². The number of benzene rings is 1. The van der Waals surface area contributed by atoms with Gasteiger partial charge in [0.15, 0.2) is 11.5 Å². The maximum absolute atomic E-state index is 5.29. The molecule has 0 fully saturated rings. The summed E-state index contributed by atoms with van der Waals surface area (Å²) < 4.78 is 10.5. The SMILES string of the molecule is CC(C)(C)Nc1ccc2c(c1)OCO2. The van der Waals surface area contributed by atoms with Crippen LogP contribution in [0.4, 0.5) is 5.69 Å². The molecular formula is C11H15NO2. The van der Waals surface area contributed by atoms with Crippen molar-refractivity contribution in [3.63, 3.8) is 0 Å². The fraction of sp³-hybridized carbons (Fsp3) is 0.455. The smallest absolute Gasteiger partial charge is 0.231 e.